The summed E-state index contributed by atoms with van der Waals surface area (Å²) in [4.78, 5) is 4.87. The number of para-hydroxylation sites is 2. The van der Waals surface area contributed by atoms with Crippen molar-refractivity contribution in [2.45, 2.75) is 105 Å². The summed E-state index contributed by atoms with van der Waals surface area (Å²) in [6, 6.07) is 18.5. The fourth-order valence-electron chi connectivity index (χ4n) is 7.30. The maximum absolute atomic E-state index is 3.77. The molecule has 0 saturated heterocycles. The van der Waals surface area contributed by atoms with Crippen LogP contribution in [0.2, 0.25) is 0 Å². The fraction of sp³-hybridized carbons (Fsp3) is 0.500. The van der Waals surface area contributed by atoms with E-state index in [-0.39, 0.29) is 35.9 Å². The van der Waals surface area contributed by atoms with Crippen molar-refractivity contribution in [3.8, 4) is 0 Å². The van der Waals surface area contributed by atoms with E-state index >= 15 is 0 Å². The topological polar surface area (TPSA) is 30.5 Å². The third-order valence-corrected chi connectivity index (χ3v) is 14.1. The molecule has 0 aromatic heterocycles. The fourth-order valence-corrected chi connectivity index (χ4v) is 11.3. The van der Waals surface area contributed by atoms with Gasteiger partial charge in [0.25, 0.3) is 0 Å². The Labute approximate surface area is 311 Å². The Kier molecular flexibility index (Phi) is 14.5. The zero-order chi connectivity index (χ0) is 33.4. The van der Waals surface area contributed by atoms with Crippen molar-refractivity contribution in [1.29, 1.82) is 0 Å². The number of rotatable bonds is 10. The van der Waals surface area contributed by atoms with Crippen LogP contribution in [0.15, 0.2) is 88.5 Å². The molecule has 2 aromatic rings. The molecule has 4 nitrogen and oxygen atoms in total. The van der Waals surface area contributed by atoms with Gasteiger partial charge in [0.15, 0.2) is 0 Å². The van der Waals surface area contributed by atoms with Gasteiger partial charge in [0.05, 0.1) is 0 Å². The number of halogens is 2. The Hall–Kier alpha value is -1.62. The molecule has 47 heavy (non-hydrogen) atoms. The standard InChI is InChI=1S/2C20H29N2.2ClH.Zr/c2*1-14-12-15(2)19(22(6)7)17(14)13-16-10-8-9-11-18(16)21-20(3,4)5;;;/h2*8-11,19,21H,13H2,1-7H3;2*1H;/q;;;;+2/p-2. The summed E-state index contributed by atoms with van der Waals surface area (Å²) in [7, 11) is 9.01. The van der Waals surface area contributed by atoms with Gasteiger partial charge in [-0.1, -0.05) is 0 Å². The minimum atomic E-state index is -1.09. The van der Waals surface area contributed by atoms with E-state index in [9.17, 15) is 0 Å². The number of hydrogen-bond acceptors (Lipinski definition) is 4. The molecule has 256 valence electrons. The Balaban J connectivity index is 0.00000384. The number of nitrogens with zero attached hydrogens (tertiary/aromatic N) is 2. The summed E-state index contributed by atoms with van der Waals surface area (Å²) in [6.45, 7) is 23.1. The first-order valence-corrected chi connectivity index (χ1v) is 19.0. The van der Waals surface area contributed by atoms with Crippen LogP contribution in [0.4, 0.5) is 11.4 Å². The minimum Gasteiger partial charge on any atom is -1.00 e. The van der Waals surface area contributed by atoms with Gasteiger partial charge in [-0.15, -0.1) is 0 Å². The SMILES string of the molecule is CC1=C(Cc2ccccc2NC(C)(C)C)C(N(C)C)C(C)=[C]1[Zr+2][C]1=C(C)C(N(C)C)C(Cc2ccccc2NC(C)(C)C)=C1C.[Cl-].[Cl-]. The van der Waals surface area contributed by atoms with Crippen molar-refractivity contribution in [2.75, 3.05) is 38.8 Å². The van der Waals surface area contributed by atoms with Crippen LogP contribution in [0, 0.1) is 0 Å². The zero-order valence-corrected chi connectivity index (χ0v) is 35.3. The molecule has 2 N–H and O–H groups in total. The second-order valence-corrected chi connectivity index (χ2v) is 18.8. The number of nitrogens with one attached hydrogen (secondary N) is 2. The summed E-state index contributed by atoms with van der Waals surface area (Å²) < 4.78 is 3.38. The van der Waals surface area contributed by atoms with Gasteiger partial charge < -0.3 is 24.8 Å². The molecule has 0 bridgehead atoms. The Bertz CT molecular complexity index is 1430. The van der Waals surface area contributed by atoms with Crippen molar-refractivity contribution >= 4 is 11.4 Å². The molecule has 7 heteroatoms. The van der Waals surface area contributed by atoms with Crippen LogP contribution in [0.3, 0.4) is 0 Å². The normalized spacial score (nSPS) is 18.6. The molecular formula is C40H58Cl2N4Zr. The van der Waals surface area contributed by atoms with Gasteiger partial charge in [0.1, 0.15) is 0 Å². The smallest absolute Gasteiger partial charge is 1.00 e. The largest absolute Gasteiger partial charge is 1.00 e. The summed E-state index contributed by atoms with van der Waals surface area (Å²) in [5.41, 5.74) is 14.7. The third-order valence-electron chi connectivity index (χ3n) is 9.08. The number of anilines is 2. The maximum atomic E-state index is 3.77. The molecule has 2 aromatic carbocycles. The van der Waals surface area contributed by atoms with Crippen LogP contribution in [-0.4, -0.2) is 61.2 Å². The molecule has 0 heterocycles. The second-order valence-electron chi connectivity index (χ2n) is 15.7. The van der Waals surface area contributed by atoms with Gasteiger partial charge in [0.2, 0.25) is 0 Å². The summed E-state index contributed by atoms with van der Waals surface area (Å²) in [5, 5.41) is 7.54. The van der Waals surface area contributed by atoms with Gasteiger partial charge in [-0.2, -0.15) is 0 Å². The maximum Gasteiger partial charge on any atom is -1.00 e. The predicted molar refractivity (Wildman–Crippen MR) is 193 cm³/mol. The molecule has 2 aliphatic carbocycles. The first-order chi connectivity index (χ1) is 20.9. The van der Waals surface area contributed by atoms with Crippen molar-refractivity contribution in [3.63, 3.8) is 0 Å². The van der Waals surface area contributed by atoms with Crippen molar-refractivity contribution < 1.29 is 48.0 Å². The van der Waals surface area contributed by atoms with Gasteiger partial charge in [-0.25, -0.2) is 0 Å². The molecule has 2 aliphatic rings. The zero-order valence-electron chi connectivity index (χ0n) is 31.3. The first kappa shape index (κ1) is 41.6. The van der Waals surface area contributed by atoms with Crippen molar-refractivity contribution in [2.24, 2.45) is 0 Å². The van der Waals surface area contributed by atoms with Crippen molar-refractivity contribution in [3.05, 3.63) is 99.7 Å². The number of likely N-dealkylation sites (N-methyl/N-ethyl adjacent to an activating group) is 2. The molecule has 0 amide bonds. The number of allylic oxidation sites excluding steroid dienone is 4. The van der Waals surface area contributed by atoms with Gasteiger partial charge >= 0.3 is 288 Å². The molecular weight excluding hydrogens is 699 g/mol. The Morgan fingerprint density at radius 1 is 0.574 bits per heavy atom. The minimum absolute atomic E-state index is 0. The molecule has 2 atom stereocenters. The molecule has 0 saturated carbocycles. The molecule has 2 unspecified atom stereocenters. The van der Waals surface area contributed by atoms with E-state index in [0.29, 0.717) is 12.1 Å². The first-order valence-electron chi connectivity index (χ1n) is 16.5. The average molecular weight is 757 g/mol. The summed E-state index contributed by atoms with van der Waals surface area (Å²) in [5.74, 6) is 0. The van der Waals surface area contributed by atoms with E-state index in [1.54, 1.807) is 40.0 Å². The van der Waals surface area contributed by atoms with E-state index in [1.807, 2.05) is 0 Å². The van der Waals surface area contributed by atoms with Crippen LogP contribution >= 0.6 is 0 Å². The number of benzene rings is 2. The third kappa shape index (κ3) is 9.76. The predicted octanol–water partition coefficient (Wildman–Crippen LogP) is 3.05. The van der Waals surface area contributed by atoms with E-state index in [4.69, 9.17) is 0 Å². The van der Waals surface area contributed by atoms with Crippen LogP contribution in [0.5, 0.6) is 0 Å². The van der Waals surface area contributed by atoms with Crippen LogP contribution in [0.1, 0.15) is 80.4 Å². The van der Waals surface area contributed by atoms with Gasteiger partial charge in [-0.3, -0.25) is 0 Å². The van der Waals surface area contributed by atoms with Crippen LogP contribution < -0.4 is 35.4 Å². The monoisotopic (exact) mass is 754 g/mol. The van der Waals surface area contributed by atoms with Gasteiger partial charge in [0, 0.05) is 0 Å². The quantitative estimate of drug-likeness (QED) is 0.391. The van der Waals surface area contributed by atoms with Crippen molar-refractivity contribution in [1.82, 2.24) is 9.80 Å². The molecule has 0 aliphatic heterocycles. The van der Waals surface area contributed by atoms with Crippen LogP contribution in [-0.2, 0) is 36.1 Å². The summed E-state index contributed by atoms with van der Waals surface area (Å²) >= 11 is -1.09. The summed E-state index contributed by atoms with van der Waals surface area (Å²) in [6.07, 6.45) is 1.95. The number of hydrogen-bond donors (Lipinski definition) is 2. The molecule has 0 spiro atoms. The molecule has 0 fully saturated rings. The van der Waals surface area contributed by atoms with E-state index in [2.05, 4.69) is 166 Å². The van der Waals surface area contributed by atoms with E-state index in [0.717, 1.165) is 12.8 Å². The average Bonchev–Trinajstić information content (AvgIpc) is 3.28. The Morgan fingerprint density at radius 2 is 0.894 bits per heavy atom. The van der Waals surface area contributed by atoms with Crippen LogP contribution in [0.25, 0.3) is 0 Å². The molecule has 0 radical (unpaired) electrons. The Morgan fingerprint density at radius 3 is 1.19 bits per heavy atom. The van der Waals surface area contributed by atoms with Gasteiger partial charge in [-0.05, 0) is 0 Å². The van der Waals surface area contributed by atoms with E-state index in [1.165, 1.54) is 22.5 Å². The van der Waals surface area contributed by atoms with E-state index < -0.39 is 23.2 Å². The second kappa shape index (κ2) is 16.4. The molecule has 4 rings (SSSR count).